The van der Waals surface area contributed by atoms with Crippen LogP contribution in [-0.4, -0.2) is 54.2 Å². The van der Waals surface area contributed by atoms with Crippen LogP contribution in [0.25, 0.3) is 20.7 Å². The van der Waals surface area contributed by atoms with Crippen molar-refractivity contribution in [1.29, 1.82) is 0 Å². The van der Waals surface area contributed by atoms with Crippen molar-refractivity contribution in [2.45, 2.75) is 24.1 Å². The molecule has 1 aliphatic heterocycles. The fraction of sp³-hybridized carbons (Fsp3) is 0.250. The van der Waals surface area contributed by atoms with E-state index in [2.05, 4.69) is 4.98 Å². The summed E-state index contributed by atoms with van der Waals surface area (Å²) in [5.74, 6) is -0.0643. The van der Waals surface area contributed by atoms with Crippen LogP contribution in [0.1, 0.15) is 22.3 Å². The molecule has 5 rings (SSSR count). The number of nitrogens with zero attached hydrogens (tertiary/aromatic N) is 3. The standard InChI is InChI=1S/C24H23N3O3S3/c1-16-15-26(24(28)18-6-4-3-5-7-18)12-13-27(16)33(29,30)23-11-10-21(32-23)19-8-9-22-20(14-19)25-17(2)31-22/h3-11,14,16H,12-13,15H2,1-2H3. The molecule has 1 fully saturated rings. The van der Waals surface area contributed by atoms with E-state index in [1.165, 1.54) is 15.6 Å². The molecular formula is C24H23N3O3S3. The van der Waals surface area contributed by atoms with Gasteiger partial charge in [-0.1, -0.05) is 24.3 Å². The molecule has 2 aromatic carbocycles. The molecule has 1 aliphatic rings. The number of carbonyl (C=O) groups is 1. The van der Waals surface area contributed by atoms with E-state index >= 15 is 0 Å². The average Bonchev–Trinajstić information content (AvgIpc) is 3.45. The van der Waals surface area contributed by atoms with Crippen LogP contribution in [0, 0.1) is 6.92 Å². The Labute approximate surface area is 201 Å². The Kier molecular flexibility index (Phi) is 5.82. The smallest absolute Gasteiger partial charge is 0.253 e. The van der Waals surface area contributed by atoms with E-state index in [0.717, 1.165) is 25.7 Å². The first-order valence-corrected chi connectivity index (χ1v) is 13.7. The second-order valence-electron chi connectivity index (χ2n) is 8.12. The van der Waals surface area contributed by atoms with Crippen molar-refractivity contribution in [2.75, 3.05) is 19.6 Å². The zero-order valence-corrected chi connectivity index (χ0v) is 20.7. The number of sulfonamides is 1. The molecule has 1 saturated heterocycles. The van der Waals surface area contributed by atoms with Crippen molar-refractivity contribution in [3.63, 3.8) is 0 Å². The van der Waals surface area contributed by atoms with Crippen molar-refractivity contribution in [3.05, 3.63) is 71.2 Å². The molecule has 1 unspecified atom stereocenters. The normalized spacial score (nSPS) is 17.5. The number of benzene rings is 2. The third-order valence-corrected chi connectivity index (χ3v) is 10.4. The largest absolute Gasteiger partial charge is 0.336 e. The number of aromatic nitrogens is 1. The SMILES string of the molecule is Cc1nc2cc(-c3ccc(S(=O)(=O)N4CCN(C(=O)c5ccccc5)CC4C)s3)ccc2s1. The van der Waals surface area contributed by atoms with Gasteiger partial charge in [0.2, 0.25) is 0 Å². The maximum absolute atomic E-state index is 13.4. The summed E-state index contributed by atoms with van der Waals surface area (Å²) in [7, 11) is -3.65. The number of fused-ring (bicyclic) bond motifs is 1. The summed E-state index contributed by atoms with van der Waals surface area (Å²) in [5.41, 5.74) is 2.52. The molecule has 0 N–H and O–H groups in total. The van der Waals surface area contributed by atoms with Crippen molar-refractivity contribution in [3.8, 4) is 10.4 Å². The van der Waals surface area contributed by atoms with Crippen LogP contribution in [-0.2, 0) is 10.0 Å². The van der Waals surface area contributed by atoms with Gasteiger partial charge in [0.15, 0.2) is 0 Å². The zero-order valence-electron chi connectivity index (χ0n) is 18.3. The molecule has 2 aromatic heterocycles. The molecule has 1 amide bonds. The molecule has 4 aromatic rings. The molecule has 1 atom stereocenters. The van der Waals surface area contributed by atoms with Crippen LogP contribution in [0.2, 0.25) is 0 Å². The van der Waals surface area contributed by atoms with Gasteiger partial charge in [0, 0.05) is 36.1 Å². The van der Waals surface area contributed by atoms with Crippen LogP contribution in [0.5, 0.6) is 0 Å². The van der Waals surface area contributed by atoms with Crippen molar-refractivity contribution in [1.82, 2.24) is 14.2 Å². The second kappa shape index (κ2) is 8.64. The third kappa shape index (κ3) is 4.21. The number of carbonyl (C=O) groups excluding carboxylic acids is 1. The summed E-state index contributed by atoms with van der Waals surface area (Å²) in [5, 5.41) is 1.01. The molecule has 6 nitrogen and oxygen atoms in total. The molecule has 0 aliphatic carbocycles. The van der Waals surface area contributed by atoms with Gasteiger partial charge in [-0.05, 0) is 55.8 Å². The maximum Gasteiger partial charge on any atom is 0.253 e. The topological polar surface area (TPSA) is 70.6 Å². The molecule has 9 heteroatoms. The Morgan fingerprint density at radius 1 is 1.03 bits per heavy atom. The van der Waals surface area contributed by atoms with Crippen molar-refractivity contribution >= 4 is 48.8 Å². The van der Waals surface area contributed by atoms with Crippen molar-refractivity contribution < 1.29 is 13.2 Å². The van der Waals surface area contributed by atoms with Crippen molar-refractivity contribution in [2.24, 2.45) is 0 Å². The lowest BCUT2D eigenvalue weighted by molar-refractivity contribution is 0.0642. The fourth-order valence-corrected chi connectivity index (χ4v) is 8.02. The van der Waals surface area contributed by atoms with E-state index in [1.54, 1.807) is 34.4 Å². The Morgan fingerprint density at radius 3 is 2.58 bits per heavy atom. The number of thiazole rings is 1. The number of piperazine rings is 1. The summed E-state index contributed by atoms with van der Waals surface area (Å²) < 4.78 is 29.8. The number of thiophene rings is 1. The summed E-state index contributed by atoms with van der Waals surface area (Å²) >= 11 is 2.92. The van der Waals surface area contributed by atoms with Gasteiger partial charge in [-0.25, -0.2) is 13.4 Å². The minimum absolute atomic E-state index is 0.0643. The van der Waals surface area contributed by atoms with Gasteiger partial charge in [0.25, 0.3) is 15.9 Å². The highest BCUT2D eigenvalue weighted by Gasteiger charge is 2.36. The molecular weight excluding hydrogens is 474 g/mol. The summed E-state index contributed by atoms with van der Waals surface area (Å²) in [4.78, 5) is 20.0. The summed E-state index contributed by atoms with van der Waals surface area (Å²) in [6.07, 6.45) is 0. The fourth-order valence-electron chi connectivity index (χ4n) is 4.17. The van der Waals surface area contributed by atoms with E-state index in [0.29, 0.717) is 22.9 Å². The monoisotopic (exact) mass is 497 g/mol. The Hall–Kier alpha value is -2.59. The first kappa shape index (κ1) is 22.2. The lowest BCUT2D eigenvalue weighted by Gasteiger charge is -2.38. The quantitative estimate of drug-likeness (QED) is 0.403. The first-order chi connectivity index (χ1) is 15.8. The van der Waals surface area contributed by atoms with Gasteiger partial charge in [0.1, 0.15) is 4.21 Å². The van der Waals surface area contributed by atoms with E-state index in [9.17, 15) is 13.2 Å². The van der Waals surface area contributed by atoms with Gasteiger partial charge >= 0.3 is 0 Å². The van der Waals surface area contributed by atoms with Crippen LogP contribution in [0.15, 0.2) is 64.9 Å². The van der Waals surface area contributed by atoms with Crippen LogP contribution in [0.3, 0.4) is 0 Å². The lowest BCUT2D eigenvalue weighted by Crippen LogP contribution is -2.55. The predicted molar refractivity (Wildman–Crippen MR) is 133 cm³/mol. The molecule has 3 heterocycles. The minimum atomic E-state index is -3.65. The van der Waals surface area contributed by atoms with E-state index in [1.807, 2.05) is 56.3 Å². The van der Waals surface area contributed by atoms with Gasteiger partial charge in [0.05, 0.1) is 15.2 Å². The number of aryl methyl sites for hydroxylation is 1. The highest BCUT2D eigenvalue weighted by atomic mass is 32.2. The Balaban J connectivity index is 1.35. The number of amides is 1. The summed E-state index contributed by atoms with van der Waals surface area (Å²) in [6, 6.07) is 18.4. The van der Waals surface area contributed by atoms with E-state index in [-0.39, 0.29) is 18.5 Å². The zero-order chi connectivity index (χ0) is 23.2. The average molecular weight is 498 g/mol. The highest BCUT2D eigenvalue weighted by molar-refractivity contribution is 7.91. The first-order valence-electron chi connectivity index (χ1n) is 10.7. The second-order valence-corrected chi connectivity index (χ2v) is 12.6. The Bertz CT molecular complexity index is 1430. The molecule has 0 saturated carbocycles. The number of rotatable bonds is 4. The summed E-state index contributed by atoms with van der Waals surface area (Å²) in [6.45, 7) is 4.85. The number of hydrogen-bond acceptors (Lipinski definition) is 6. The Morgan fingerprint density at radius 2 is 1.82 bits per heavy atom. The molecule has 0 radical (unpaired) electrons. The third-order valence-electron chi connectivity index (χ3n) is 5.80. The maximum atomic E-state index is 13.4. The van der Waals surface area contributed by atoms with Crippen LogP contribution in [0.4, 0.5) is 0 Å². The number of hydrogen-bond donors (Lipinski definition) is 0. The van der Waals surface area contributed by atoms with E-state index in [4.69, 9.17) is 0 Å². The lowest BCUT2D eigenvalue weighted by atomic mass is 10.1. The van der Waals surface area contributed by atoms with Gasteiger partial charge in [-0.3, -0.25) is 4.79 Å². The molecule has 0 bridgehead atoms. The van der Waals surface area contributed by atoms with Crippen LogP contribution >= 0.6 is 22.7 Å². The van der Waals surface area contributed by atoms with Gasteiger partial charge in [-0.2, -0.15) is 4.31 Å². The minimum Gasteiger partial charge on any atom is -0.336 e. The van der Waals surface area contributed by atoms with Crippen LogP contribution < -0.4 is 0 Å². The van der Waals surface area contributed by atoms with Gasteiger partial charge < -0.3 is 4.90 Å². The molecule has 170 valence electrons. The predicted octanol–water partition coefficient (Wildman–Crippen LogP) is 4.87. The van der Waals surface area contributed by atoms with E-state index < -0.39 is 10.0 Å². The van der Waals surface area contributed by atoms with Gasteiger partial charge in [-0.15, -0.1) is 22.7 Å². The molecule has 0 spiro atoms. The molecule has 33 heavy (non-hydrogen) atoms. The highest BCUT2D eigenvalue weighted by Crippen LogP contribution is 2.35.